The van der Waals surface area contributed by atoms with Gasteiger partial charge in [-0.3, -0.25) is 10.1 Å². The van der Waals surface area contributed by atoms with Gasteiger partial charge in [0, 0.05) is 18.3 Å². The molecule has 0 bridgehead atoms. The molecule has 4 heteroatoms. The predicted octanol–water partition coefficient (Wildman–Crippen LogP) is 3.37. The van der Waals surface area contributed by atoms with Crippen LogP contribution in [0.4, 0.5) is 5.69 Å². The Balaban J connectivity index is 2.39. The van der Waals surface area contributed by atoms with E-state index >= 15 is 0 Å². The maximum absolute atomic E-state index is 11.0. The largest absolute Gasteiger partial charge is 0.341 e. The molecule has 2 rings (SSSR count). The van der Waals surface area contributed by atoms with Gasteiger partial charge < -0.3 is 4.57 Å². The van der Waals surface area contributed by atoms with E-state index < -0.39 is 0 Å². The highest BCUT2D eigenvalue weighted by Crippen LogP contribution is 2.25. The van der Waals surface area contributed by atoms with Gasteiger partial charge in [-0.05, 0) is 31.9 Å². The Bertz CT molecular complexity index is 600. The van der Waals surface area contributed by atoms with E-state index in [0.717, 1.165) is 0 Å². The average molecular weight is 244 g/mol. The molecule has 0 amide bonds. The van der Waals surface area contributed by atoms with Crippen LogP contribution in [-0.4, -0.2) is 9.49 Å². The monoisotopic (exact) mass is 244 g/mol. The van der Waals surface area contributed by atoms with E-state index in [1.165, 1.54) is 11.1 Å². The van der Waals surface area contributed by atoms with Crippen molar-refractivity contribution in [1.29, 1.82) is 0 Å². The molecule has 94 valence electrons. The van der Waals surface area contributed by atoms with Gasteiger partial charge in [-0.2, -0.15) is 0 Å². The molecule has 1 aromatic heterocycles. The first-order valence-electron chi connectivity index (χ1n) is 5.86. The summed E-state index contributed by atoms with van der Waals surface area (Å²) in [5.74, 6) is 0. The van der Waals surface area contributed by atoms with Crippen molar-refractivity contribution in [1.82, 2.24) is 4.57 Å². The van der Waals surface area contributed by atoms with Crippen LogP contribution in [0.1, 0.15) is 22.4 Å². The van der Waals surface area contributed by atoms with Gasteiger partial charge >= 0.3 is 0 Å². The zero-order chi connectivity index (χ0) is 13.3. The molecule has 0 unspecified atom stereocenters. The number of nitro groups is 1. The molecule has 1 aromatic carbocycles. The molecule has 2 aromatic rings. The summed E-state index contributed by atoms with van der Waals surface area (Å²) in [6, 6.07) is 8.09. The van der Waals surface area contributed by atoms with Crippen LogP contribution >= 0.6 is 0 Å². The highest BCUT2D eigenvalue weighted by Gasteiger charge is 2.19. The van der Waals surface area contributed by atoms with E-state index in [1.807, 2.05) is 22.9 Å². The fraction of sp³-hybridized carbons (Fsp3) is 0.286. The lowest BCUT2D eigenvalue weighted by Gasteiger charge is -2.08. The minimum absolute atomic E-state index is 0.226. The van der Waals surface area contributed by atoms with Gasteiger partial charge in [0.1, 0.15) is 0 Å². The highest BCUT2D eigenvalue weighted by atomic mass is 16.6. The lowest BCUT2D eigenvalue weighted by Crippen LogP contribution is -2.02. The minimum Gasteiger partial charge on any atom is -0.341 e. The Hall–Kier alpha value is -2.10. The van der Waals surface area contributed by atoms with Crippen LogP contribution in [0.25, 0.3) is 0 Å². The molecule has 0 saturated carbocycles. The molecule has 1 heterocycles. The summed E-state index contributed by atoms with van der Waals surface area (Å²) in [7, 11) is 0. The van der Waals surface area contributed by atoms with Crippen molar-refractivity contribution in [2.45, 2.75) is 27.3 Å². The van der Waals surface area contributed by atoms with Crippen molar-refractivity contribution in [3.05, 3.63) is 63.0 Å². The normalized spacial score (nSPS) is 10.6. The van der Waals surface area contributed by atoms with Crippen molar-refractivity contribution < 1.29 is 4.92 Å². The summed E-state index contributed by atoms with van der Waals surface area (Å²) in [5.41, 5.74) is 4.03. The second kappa shape index (κ2) is 4.64. The number of aromatic nitrogens is 1. The SMILES string of the molecule is Cc1ccccc1Cn1cc(C)c([N+](=O)[O-])c1C. The van der Waals surface area contributed by atoms with Crippen LogP contribution in [0.15, 0.2) is 30.5 Å². The Kier molecular flexibility index (Phi) is 3.19. The topological polar surface area (TPSA) is 48.1 Å². The van der Waals surface area contributed by atoms with Gasteiger partial charge in [0.25, 0.3) is 5.69 Å². The first-order chi connectivity index (χ1) is 8.50. The van der Waals surface area contributed by atoms with E-state index in [-0.39, 0.29) is 10.6 Å². The molecule has 0 aliphatic carbocycles. The molecule has 0 spiro atoms. The molecule has 4 nitrogen and oxygen atoms in total. The van der Waals surface area contributed by atoms with E-state index in [9.17, 15) is 10.1 Å². The lowest BCUT2D eigenvalue weighted by atomic mass is 10.1. The number of hydrogen-bond acceptors (Lipinski definition) is 2. The standard InChI is InChI=1S/C14H16N2O2/c1-10-6-4-5-7-13(10)9-15-8-11(2)14(12(15)3)16(17)18/h4-8H,9H2,1-3H3. The third kappa shape index (κ3) is 2.14. The van der Waals surface area contributed by atoms with E-state index in [0.29, 0.717) is 17.8 Å². The number of nitrogens with zero attached hydrogens (tertiary/aromatic N) is 2. The summed E-state index contributed by atoms with van der Waals surface area (Å²) in [6.45, 7) is 6.30. The minimum atomic E-state index is -0.307. The molecule has 0 N–H and O–H groups in total. The van der Waals surface area contributed by atoms with Crippen molar-refractivity contribution in [3.8, 4) is 0 Å². The van der Waals surface area contributed by atoms with Crippen LogP contribution < -0.4 is 0 Å². The van der Waals surface area contributed by atoms with Crippen molar-refractivity contribution in [2.75, 3.05) is 0 Å². The van der Waals surface area contributed by atoms with Crippen LogP contribution in [0.3, 0.4) is 0 Å². The number of hydrogen-bond donors (Lipinski definition) is 0. The number of aryl methyl sites for hydroxylation is 2. The fourth-order valence-electron chi connectivity index (χ4n) is 2.22. The summed E-state index contributed by atoms with van der Waals surface area (Å²) < 4.78 is 1.94. The molecule has 0 fully saturated rings. The molecule has 0 aliphatic heterocycles. The second-order valence-electron chi connectivity index (χ2n) is 4.56. The van der Waals surface area contributed by atoms with E-state index in [2.05, 4.69) is 19.1 Å². The van der Waals surface area contributed by atoms with E-state index in [1.54, 1.807) is 13.8 Å². The van der Waals surface area contributed by atoms with Crippen LogP contribution in [0.5, 0.6) is 0 Å². The fourth-order valence-corrected chi connectivity index (χ4v) is 2.22. The Morgan fingerprint density at radius 2 is 1.83 bits per heavy atom. The average Bonchev–Trinajstić information content (AvgIpc) is 2.57. The van der Waals surface area contributed by atoms with Gasteiger partial charge in [0.05, 0.1) is 10.6 Å². The van der Waals surface area contributed by atoms with Crippen molar-refractivity contribution in [3.63, 3.8) is 0 Å². The summed E-state index contributed by atoms with van der Waals surface area (Å²) >= 11 is 0. The van der Waals surface area contributed by atoms with Crippen molar-refractivity contribution >= 4 is 5.69 Å². The summed E-state index contributed by atoms with van der Waals surface area (Å²) in [4.78, 5) is 10.7. The maximum atomic E-state index is 11.0. The second-order valence-corrected chi connectivity index (χ2v) is 4.56. The summed E-state index contributed by atoms with van der Waals surface area (Å²) in [6.07, 6.45) is 1.85. The first-order valence-corrected chi connectivity index (χ1v) is 5.86. The predicted molar refractivity (Wildman–Crippen MR) is 70.8 cm³/mol. The number of benzene rings is 1. The van der Waals surface area contributed by atoms with Crippen LogP contribution in [-0.2, 0) is 6.54 Å². The first kappa shape index (κ1) is 12.4. The van der Waals surface area contributed by atoms with Gasteiger partial charge in [-0.1, -0.05) is 24.3 Å². The van der Waals surface area contributed by atoms with Crippen LogP contribution in [0, 0.1) is 30.9 Å². The van der Waals surface area contributed by atoms with Gasteiger partial charge in [-0.25, -0.2) is 0 Å². The zero-order valence-electron chi connectivity index (χ0n) is 10.8. The van der Waals surface area contributed by atoms with Crippen LogP contribution in [0.2, 0.25) is 0 Å². The Labute approximate surface area is 106 Å². The van der Waals surface area contributed by atoms with E-state index in [4.69, 9.17) is 0 Å². The quantitative estimate of drug-likeness (QED) is 0.614. The molecule has 0 saturated heterocycles. The molecule has 18 heavy (non-hydrogen) atoms. The highest BCUT2D eigenvalue weighted by molar-refractivity contribution is 5.44. The smallest absolute Gasteiger partial charge is 0.292 e. The molecule has 0 aliphatic rings. The molecular weight excluding hydrogens is 228 g/mol. The maximum Gasteiger partial charge on any atom is 0.292 e. The Morgan fingerprint density at radius 1 is 1.17 bits per heavy atom. The van der Waals surface area contributed by atoms with Gasteiger partial charge in [-0.15, -0.1) is 0 Å². The van der Waals surface area contributed by atoms with Gasteiger partial charge in [0.2, 0.25) is 0 Å². The Morgan fingerprint density at radius 3 is 2.39 bits per heavy atom. The number of rotatable bonds is 3. The zero-order valence-corrected chi connectivity index (χ0v) is 10.8. The molecule has 0 atom stereocenters. The third-order valence-electron chi connectivity index (χ3n) is 3.28. The molecular formula is C14H16N2O2. The molecule has 0 radical (unpaired) electrons. The third-order valence-corrected chi connectivity index (χ3v) is 3.28. The lowest BCUT2D eigenvalue weighted by molar-refractivity contribution is -0.386. The summed E-state index contributed by atoms with van der Waals surface area (Å²) in [5, 5.41) is 11.0. The van der Waals surface area contributed by atoms with Crippen molar-refractivity contribution in [2.24, 2.45) is 0 Å². The van der Waals surface area contributed by atoms with Gasteiger partial charge in [0.15, 0.2) is 0 Å².